The van der Waals surface area contributed by atoms with Crippen LogP contribution in [0.3, 0.4) is 0 Å². The highest BCUT2D eigenvalue weighted by Crippen LogP contribution is 2.19. The summed E-state index contributed by atoms with van der Waals surface area (Å²) in [7, 11) is 0. The van der Waals surface area contributed by atoms with E-state index in [-0.39, 0.29) is 0 Å². The van der Waals surface area contributed by atoms with Crippen LogP contribution in [-0.4, -0.2) is 4.98 Å². The molecule has 0 atom stereocenters. The summed E-state index contributed by atoms with van der Waals surface area (Å²) in [5, 5.41) is 0. The van der Waals surface area contributed by atoms with Crippen molar-refractivity contribution in [2.45, 2.75) is 6.92 Å². The second-order valence-electron chi connectivity index (χ2n) is 2.96. The number of hydrogen-bond acceptors (Lipinski definition) is 1. The highest BCUT2D eigenvalue weighted by atomic mass is 14.7. The van der Waals surface area contributed by atoms with Crippen LogP contribution in [0.1, 0.15) is 6.93 Å². The van der Waals surface area contributed by atoms with Gasteiger partial charge in [0, 0.05) is 11.8 Å². The lowest BCUT2D eigenvalue weighted by molar-refractivity contribution is 1.31. The lowest BCUT2D eigenvalue weighted by Crippen LogP contribution is -1.84. The number of pyridine rings is 1. The zero-order valence-corrected chi connectivity index (χ0v) is 7.49. The number of benzene rings is 1. The van der Waals surface area contributed by atoms with Crippen LogP contribution in [0.2, 0.25) is 0 Å². The van der Waals surface area contributed by atoms with Gasteiger partial charge in [0.2, 0.25) is 0 Å². The van der Waals surface area contributed by atoms with Gasteiger partial charge in [0.25, 0.3) is 0 Å². The normalized spacial score (nSPS) is 11.0. The van der Waals surface area contributed by atoms with E-state index in [1.807, 2.05) is 24.3 Å². The first-order valence-corrected chi connectivity index (χ1v) is 4.26. The maximum Gasteiger partial charge on any atom is 0.0704 e. The summed E-state index contributed by atoms with van der Waals surface area (Å²) in [5.41, 5.74) is 3.27. The summed E-state index contributed by atoms with van der Waals surface area (Å²) in [6.07, 6.45) is 1.57. The first-order valence-electron chi connectivity index (χ1n) is 4.76. The van der Waals surface area contributed by atoms with Gasteiger partial charge in [0.1, 0.15) is 0 Å². The first-order chi connectivity index (χ1) is 6.77. The van der Waals surface area contributed by atoms with Crippen molar-refractivity contribution in [2.24, 2.45) is 0 Å². The second kappa shape index (κ2) is 3.40. The average Bonchev–Trinajstić information content (AvgIpc) is 2.20. The molecule has 2 aromatic rings. The van der Waals surface area contributed by atoms with Crippen LogP contribution in [0.5, 0.6) is 0 Å². The molecule has 0 saturated heterocycles. The molecular formula is C12H11N. The van der Waals surface area contributed by atoms with E-state index in [0.717, 1.165) is 11.3 Å². The third-order valence-electron chi connectivity index (χ3n) is 2.04. The quantitative estimate of drug-likeness (QED) is 0.641. The van der Waals surface area contributed by atoms with E-state index in [0.29, 0.717) is 6.04 Å². The fourth-order valence-corrected chi connectivity index (χ4v) is 1.34. The minimum Gasteiger partial charge on any atom is -0.256 e. The Bertz CT molecular complexity index is 434. The molecule has 1 aromatic carbocycles. The molecular weight excluding hydrogens is 158 g/mol. The predicted molar refractivity (Wildman–Crippen MR) is 54.4 cm³/mol. The van der Waals surface area contributed by atoms with E-state index in [9.17, 15) is 0 Å². The van der Waals surface area contributed by atoms with Crippen molar-refractivity contribution in [3.8, 4) is 11.3 Å². The van der Waals surface area contributed by atoms with Gasteiger partial charge in [-0.2, -0.15) is 0 Å². The van der Waals surface area contributed by atoms with Crippen LogP contribution in [-0.2, 0) is 0 Å². The van der Waals surface area contributed by atoms with E-state index in [2.05, 4.69) is 18.0 Å². The molecule has 1 nitrogen and oxygen atoms in total. The Morgan fingerprint density at radius 1 is 1.15 bits per heavy atom. The van der Waals surface area contributed by atoms with Gasteiger partial charge < -0.3 is 0 Å². The van der Waals surface area contributed by atoms with Crippen LogP contribution in [0.4, 0.5) is 0 Å². The molecule has 0 aliphatic rings. The van der Waals surface area contributed by atoms with Gasteiger partial charge in [0.15, 0.2) is 0 Å². The van der Waals surface area contributed by atoms with Crippen LogP contribution >= 0.6 is 0 Å². The van der Waals surface area contributed by atoms with Gasteiger partial charge in [-0.05, 0) is 24.6 Å². The van der Waals surface area contributed by atoms with Crippen molar-refractivity contribution in [2.75, 3.05) is 0 Å². The molecule has 0 spiro atoms. The minimum absolute atomic E-state index is 0.447. The number of aryl methyl sites for hydroxylation is 1. The molecule has 0 amide bonds. The Morgan fingerprint density at radius 3 is 2.69 bits per heavy atom. The minimum atomic E-state index is 0.447. The number of rotatable bonds is 1. The van der Waals surface area contributed by atoms with E-state index in [4.69, 9.17) is 1.37 Å². The van der Waals surface area contributed by atoms with Crippen molar-refractivity contribution in [3.05, 3.63) is 54.2 Å². The maximum atomic E-state index is 7.35. The smallest absolute Gasteiger partial charge is 0.0704 e. The van der Waals surface area contributed by atoms with E-state index >= 15 is 0 Å². The Hall–Kier alpha value is -1.63. The highest BCUT2D eigenvalue weighted by molar-refractivity contribution is 5.62. The predicted octanol–water partition coefficient (Wildman–Crippen LogP) is 3.06. The fraction of sp³-hybridized carbons (Fsp3) is 0.0833. The SMILES string of the molecule is [2H]c1ccc(-c2ccccc2C)nc1. The van der Waals surface area contributed by atoms with Gasteiger partial charge in [-0.3, -0.25) is 4.98 Å². The van der Waals surface area contributed by atoms with Crippen molar-refractivity contribution in [1.29, 1.82) is 0 Å². The van der Waals surface area contributed by atoms with Gasteiger partial charge in [0.05, 0.1) is 7.06 Å². The average molecular weight is 170 g/mol. The maximum absolute atomic E-state index is 7.35. The van der Waals surface area contributed by atoms with Crippen LogP contribution in [0.15, 0.2) is 48.6 Å². The molecule has 1 aromatic heterocycles. The topological polar surface area (TPSA) is 12.9 Å². The molecule has 0 fully saturated rings. The Balaban J connectivity index is 2.50. The molecule has 2 rings (SSSR count). The second-order valence-corrected chi connectivity index (χ2v) is 2.96. The Kier molecular flexibility index (Phi) is 1.79. The Labute approximate surface area is 79.5 Å². The number of hydrogen-bond donors (Lipinski definition) is 0. The summed E-state index contributed by atoms with van der Waals surface area (Å²) in [6, 6.07) is 12.2. The standard InChI is InChI=1S/C12H11N/c1-10-6-2-3-7-11(10)12-8-4-5-9-13-12/h2-9H,1H3/i5D. The van der Waals surface area contributed by atoms with E-state index < -0.39 is 0 Å². The molecule has 13 heavy (non-hydrogen) atoms. The summed E-state index contributed by atoms with van der Waals surface area (Å²) in [6.45, 7) is 2.06. The van der Waals surface area contributed by atoms with Crippen molar-refractivity contribution in [3.63, 3.8) is 0 Å². The van der Waals surface area contributed by atoms with Crippen LogP contribution in [0, 0.1) is 6.92 Å². The van der Waals surface area contributed by atoms with E-state index in [1.54, 1.807) is 12.3 Å². The lowest BCUT2D eigenvalue weighted by Gasteiger charge is -2.03. The molecule has 0 bridgehead atoms. The monoisotopic (exact) mass is 170 g/mol. The molecule has 0 radical (unpaired) electrons. The molecule has 0 unspecified atom stereocenters. The molecule has 1 heterocycles. The molecule has 0 N–H and O–H groups in total. The number of aromatic nitrogens is 1. The van der Waals surface area contributed by atoms with Crippen molar-refractivity contribution in [1.82, 2.24) is 4.98 Å². The lowest BCUT2D eigenvalue weighted by atomic mass is 10.1. The fourth-order valence-electron chi connectivity index (χ4n) is 1.34. The van der Waals surface area contributed by atoms with Gasteiger partial charge in [-0.1, -0.05) is 30.3 Å². The molecule has 0 aliphatic carbocycles. The van der Waals surface area contributed by atoms with Crippen LogP contribution < -0.4 is 0 Å². The number of nitrogens with zero attached hydrogens (tertiary/aromatic N) is 1. The van der Waals surface area contributed by atoms with E-state index in [1.165, 1.54) is 5.56 Å². The highest BCUT2D eigenvalue weighted by Gasteiger charge is 1.99. The van der Waals surface area contributed by atoms with Crippen molar-refractivity contribution < 1.29 is 1.37 Å². The Morgan fingerprint density at radius 2 is 2.00 bits per heavy atom. The largest absolute Gasteiger partial charge is 0.256 e. The third-order valence-corrected chi connectivity index (χ3v) is 2.04. The summed E-state index contributed by atoms with van der Waals surface area (Å²) >= 11 is 0. The molecule has 1 heteroatoms. The van der Waals surface area contributed by atoms with Crippen LogP contribution in [0.25, 0.3) is 11.3 Å². The van der Waals surface area contributed by atoms with Gasteiger partial charge in [-0.15, -0.1) is 0 Å². The summed E-state index contributed by atoms with van der Waals surface area (Å²) < 4.78 is 7.35. The summed E-state index contributed by atoms with van der Waals surface area (Å²) in [4.78, 5) is 4.22. The molecule has 0 saturated carbocycles. The zero-order valence-electron chi connectivity index (χ0n) is 8.49. The molecule has 0 aliphatic heterocycles. The summed E-state index contributed by atoms with van der Waals surface area (Å²) in [5.74, 6) is 0. The van der Waals surface area contributed by atoms with Gasteiger partial charge >= 0.3 is 0 Å². The first kappa shape index (κ1) is 6.84. The third kappa shape index (κ3) is 1.59. The zero-order chi connectivity index (χ0) is 9.97. The molecule has 64 valence electrons. The van der Waals surface area contributed by atoms with Gasteiger partial charge in [-0.25, -0.2) is 0 Å². The van der Waals surface area contributed by atoms with Crippen molar-refractivity contribution >= 4 is 0 Å².